The van der Waals surface area contributed by atoms with Crippen molar-refractivity contribution in [1.82, 2.24) is 10.2 Å². The second kappa shape index (κ2) is 11.6. The molecule has 0 aliphatic rings. The fourth-order valence-corrected chi connectivity index (χ4v) is 4.58. The Hall–Kier alpha value is -2.46. The SMILES string of the molecule is CC[C@H](C)NC(=O)[C@H](C)N(Cc1ccccc1F)C(=O)CN(c1ccccc1Br)S(C)(=O)=O. The lowest BCUT2D eigenvalue weighted by atomic mass is 10.1. The number of nitrogens with zero attached hydrogens (tertiary/aromatic N) is 2. The summed E-state index contributed by atoms with van der Waals surface area (Å²) in [6, 6.07) is 11.5. The number of halogens is 2. The van der Waals surface area contributed by atoms with E-state index in [1.807, 2.05) is 13.8 Å². The van der Waals surface area contributed by atoms with E-state index >= 15 is 0 Å². The molecule has 2 aromatic rings. The standard InChI is InChI=1S/C23H29BrFN3O4S/c1-5-16(2)26-23(30)17(3)27(14-18-10-6-8-12-20(18)25)22(29)15-28(33(4,31)32)21-13-9-7-11-19(21)24/h6-13,16-17H,5,14-15H2,1-4H3,(H,26,30)/t16-,17-/m0/s1. The third-order valence-electron chi connectivity index (χ3n) is 5.27. The lowest BCUT2D eigenvalue weighted by molar-refractivity contribution is -0.139. The molecule has 180 valence electrons. The van der Waals surface area contributed by atoms with Gasteiger partial charge >= 0.3 is 0 Å². The molecule has 0 aliphatic heterocycles. The van der Waals surface area contributed by atoms with Crippen LogP contribution in [-0.4, -0.2) is 50.0 Å². The first kappa shape index (κ1) is 26.8. The first-order chi connectivity index (χ1) is 15.5. The van der Waals surface area contributed by atoms with E-state index in [0.29, 0.717) is 10.9 Å². The first-order valence-corrected chi connectivity index (χ1v) is 13.1. The average Bonchev–Trinajstić information content (AvgIpc) is 2.76. The molecular weight excluding hydrogens is 513 g/mol. The van der Waals surface area contributed by atoms with Gasteiger partial charge in [0.15, 0.2) is 0 Å². The molecule has 0 unspecified atom stereocenters. The Morgan fingerprint density at radius 1 is 1.09 bits per heavy atom. The Morgan fingerprint density at radius 3 is 2.27 bits per heavy atom. The number of hydrogen-bond donors (Lipinski definition) is 1. The number of nitrogens with one attached hydrogen (secondary N) is 1. The maximum absolute atomic E-state index is 14.4. The van der Waals surface area contributed by atoms with Gasteiger partial charge in [-0.1, -0.05) is 37.3 Å². The van der Waals surface area contributed by atoms with Crippen molar-refractivity contribution in [2.75, 3.05) is 17.1 Å². The monoisotopic (exact) mass is 541 g/mol. The Balaban J connectivity index is 2.41. The van der Waals surface area contributed by atoms with Gasteiger partial charge in [0.05, 0.1) is 11.9 Å². The zero-order valence-electron chi connectivity index (χ0n) is 19.1. The molecule has 0 bridgehead atoms. The van der Waals surface area contributed by atoms with Crippen molar-refractivity contribution in [3.63, 3.8) is 0 Å². The third-order valence-corrected chi connectivity index (χ3v) is 7.06. The summed E-state index contributed by atoms with van der Waals surface area (Å²) >= 11 is 3.32. The number of benzene rings is 2. The van der Waals surface area contributed by atoms with Crippen molar-refractivity contribution in [3.8, 4) is 0 Å². The fourth-order valence-electron chi connectivity index (χ4n) is 3.11. The van der Waals surface area contributed by atoms with Gasteiger partial charge in [-0.3, -0.25) is 13.9 Å². The molecule has 0 aromatic heterocycles. The molecule has 2 aromatic carbocycles. The van der Waals surface area contributed by atoms with Crippen LogP contribution in [-0.2, 0) is 26.2 Å². The molecule has 0 saturated heterocycles. The van der Waals surface area contributed by atoms with Crippen LogP contribution in [0.2, 0.25) is 0 Å². The van der Waals surface area contributed by atoms with Gasteiger partial charge in [0, 0.05) is 22.6 Å². The van der Waals surface area contributed by atoms with Crippen molar-refractivity contribution in [3.05, 3.63) is 64.4 Å². The van der Waals surface area contributed by atoms with Gasteiger partial charge in [-0.05, 0) is 54.4 Å². The molecule has 0 radical (unpaired) electrons. The van der Waals surface area contributed by atoms with E-state index in [4.69, 9.17) is 0 Å². The smallest absolute Gasteiger partial charge is 0.244 e. The second-order valence-corrected chi connectivity index (χ2v) is 10.6. The van der Waals surface area contributed by atoms with E-state index in [9.17, 15) is 22.4 Å². The van der Waals surface area contributed by atoms with Gasteiger partial charge in [-0.25, -0.2) is 12.8 Å². The van der Waals surface area contributed by atoms with E-state index in [2.05, 4.69) is 21.2 Å². The molecule has 0 fully saturated rings. The van der Waals surface area contributed by atoms with Crippen LogP contribution in [0.3, 0.4) is 0 Å². The lowest BCUT2D eigenvalue weighted by Gasteiger charge is -2.32. The topological polar surface area (TPSA) is 86.8 Å². The number of amides is 2. The largest absolute Gasteiger partial charge is 0.352 e. The fraction of sp³-hybridized carbons (Fsp3) is 0.391. The van der Waals surface area contributed by atoms with E-state index in [-0.39, 0.29) is 23.8 Å². The zero-order chi connectivity index (χ0) is 24.8. The molecule has 33 heavy (non-hydrogen) atoms. The van der Waals surface area contributed by atoms with Crippen molar-refractivity contribution >= 4 is 43.5 Å². The highest BCUT2D eigenvalue weighted by molar-refractivity contribution is 9.10. The Labute approximate surface area is 203 Å². The summed E-state index contributed by atoms with van der Waals surface area (Å²) in [5, 5.41) is 2.82. The van der Waals surface area contributed by atoms with Gasteiger partial charge in [-0.2, -0.15) is 0 Å². The summed E-state index contributed by atoms with van der Waals surface area (Å²) in [6.07, 6.45) is 1.70. The number of para-hydroxylation sites is 1. The van der Waals surface area contributed by atoms with E-state index in [0.717, 1.165) is 10.6 Å². The quantitative estimate of drug-likeness (QED) is 0.497. The molecule has 0 heterocycles. The summed E-state index contributed by atoms with van der Waals surface area (Å²) in [5.41, 5.74) is 0.511. The van der Waals surface area contributed by atoms with Crippen LogP contribution >= 0.6 is 15.9 Å². The highest BCUT2D eigenvalue weighted by Crippen LogP contribution is 2.28. The van der Waals surface area contributed by atoms with Crippen molar-refractivity contribution in [1.29, 1.82) is 0 Å². The predicted molar refractivity (Wildman–Crippen MR) is 131 cm³/mol. The van der Waals surface area contributed by atoms with Gasteiger partial charge < -0.3 is 10.2 Å². The molecule has 0 saturated carbocycles. The van der Waals surface area contributed by atoms with E-state index in [1.165, 1.54) is 23.1 Å². The molecule has 2 rings (SSSR count). The lowest BCUT2D eigenvalue weighted by Crippen LogP contribution is -2.52. The van der Waals surface area contributed by atoms with E-state index < -0.39 is 40.2 Å². The minimum Gasteiger partial charge on any atom is -0.352 e. The van der Waals surface area contributed by atoms with Crippen LogP contribution in [0.4, 0.5) is 10.1 Å². The maximum atomic E-state index is 14.4. The van der Waals surface area contributed by atoms with Gasteiger partial charge in [0.2, 0.25) is 21.8 Å². The van der Waals surface area contributed by atoms with Crippen LogP contribution in [0.25, 0.3) is 0 Å². The average molecular weight is 542 g/mol. The summed E-state index contributed by atoms with van der Waals surface area (Å²) in [4.78, 5) is 27.4. The van der Waals surface area contributed by atoms with Crippen LogP contribution in [0.15, 0.2) is 53.0 Å². The summed E-state index contributed by atoms with van der Waals surface area (Å²) in [6.45, 7) is 4.57. The van der Waals surface area contributed by atoms with Crippen molar-refractivity contribution in [2.45, 2.75) is 45.8 Å². The highest BCUT2D eigenvalue weighted by atomic mass is 79.9. The number of anilines is 1. The van der Waals surface area contributed by atoms with Crippen molar-refractivity contribution < 1.29 is 22.4 Å². The number of rotatable bonds is 10. The van der Waals surface area contributed by atoms with Crippen LogP contribution < -0.4 is 9.62 Å². The Kier molecular flexibility index (Phi) is 9.42. The Bertz CT molecular complexity index is 1100. The van der Waals surface area contributed by atoms with Gasteiger partial charge in [-0.15, -0.1) is 0 Å². The maximum Gasteiger partial charge on any atom is 0.244 e. The molecule has 7 nitrogen and oxygen atoms in total. The molecular formula is C23H29BrFN3O4S. The molecule has 10 heteroatoms. The number of carbonyl (C=O) groups excluding carboxylic acids is 2. The molecule has 0 spiro atoms. The van der Waals surface area contributed by atoms with Gasteiger partial charge in [0.1, 0.15) is 18.4 Å². The minimum atomic E-state index is -3.84. The zero-order valence-corrected chi connectivity index (χ0v) is 21.5. The summed E-state index contributed by atoms with van der Waals surface area (Å²) in [5.74, 6) is -1.55. The predicted octanol–water partition coefficient (Wildman–Crippen LogP) is 3.69. The minimum absolute atomic E-state index is 0.113. The van der Waals surface area contributed by atoms with Crippen LogP contribution in [0.1, 0.15) is 32.8 Å². The third kappa shape index (κ3) is 7.26. The summed E-state index contributed by atoms with van der Waals surface area (Å²) in [7, 11) is -3.84. The molecule has 2 amide bonds. The summed E-state index contributed by atoms with van der Waals surface area (Å²) < 4.78 is 40.9. The molecule has 1 N–H and O–H groups in total. The van der Waals surface area contributed by atoms with Crippen LogP contribution in [0, 0.1) is 5.82 Å². The van der Waals surface area contributed by atoms with Gasteiger partial charge in [0.25, 0.3) is 0 Å². The highest BCUT2D eigenvalue weighted by Gasteiger charge is 2.31. The molecule has 0 aliphatic carbocycles. The second-order valence-electron chi connectivity index (χ2n) is 7.83. The molecule has 2 atom stereocenters. The van der Waals surface area contributed by atoms with Crippen LogP contribution in [0.5, 0.6) is 0 Å². The van der Waals surface area contributed by atoms with Crippen molar-refractivity contribution in [2.24, 2.45) is 0 Å². The number of carbonyl (C=O) groups is 2. The Morgan fingerprint density at radius 2 is 1.70 bits per heavy atom. The normalized spacial score (nSPS) is 13.2. The van der Waals surface area contributed by atoms with E-state index in [1.54, 1.807) is 37.3 Å². The number of sulfonamides is 1. The first-order valence-electron chi connectivity index (χ1n) is 10.5. The number of hydrogen-bond acceptors (Lipinski definition) is 4.